The molecule has 0 bridgehead atoms. The van der Waals surface area contributed by atoms with Gasteiger partial charge in [0.25, 0.3) is 0 Å². The summed E-state index contributed by atoms with van der Waals surface area (Å²) in [7, 11) is 0. The fourth-order valence-electron chi connectivity index (χ4n) is 2.37. The topological polar surface area (TPSA) is 12.0 Å². The monoisotopic (exact) mass is 315 g/mol. The van der Waals surface area contributed by atoms with Crippen molar-refractivity contribution in [2.75, 3.05) is 6.54 Å². The fraction of sp³-hybridized carbons (Fsp3) is 0.647. The van der Waals surface area contributed by atoms with Gasteiger partial charge in [0.2, 0.25) is 0 Å². The van der Waals surface area contributed by atoms with Crippen LogP contribution in [0.15, 0.2) is 18.2 Å². The van der Waals surface area contributed by atoms with Crippen molar-refractivity contribution < 1.29 is 0 Å². The highest BCUT2D eigenvalue weighted by molar-refractivity contribution is 6.33. The summed E-state index contributed by atoms with van der Waals surface area (Å²) in [6.45, 7) is 12.1. The quantitative estimate of drug-likeness (QED) is 0.721. The van der Waals surface area contributed by atoms with Gasteiger partial charge in [-0.1, -0.05) is 37.0 Å². The summed E-state index contributed by atoms with van der Waals surface area (Å²) in [6, 6.07) is 5.73. The third-order valence-electron chi connectivity index (χ3n) is 3.24. The minimum atomic E-state index is 0.146. The highest BCUT2D eigenvalue weighted by Crippen LogP contribution is 2.25. The lowest BCUT2D eigenvalue weighted by Gasteiger charge is -2.26. The first-order valence-electron chi connectivity index (χ1n) is 7.36. The van der Waals surface area contributed by atoms with E-state index in [1.54, 1.807) is 0 Å². The lowest BCUT2D eigenvalue weighted by Crippen LogP contribution is -2.39. The molecule has 1 aromatic carbocycles. The van der Waals surface area contributed by atoms with Gasteiger partial charge < -0.3 is 5.32 Å². The third kappa shape index (κ3) is 6.97. The van der Waals surface area contributed by atoms with Gasteiger partial charge in [-0.15, -0.1) is 0 Å². The molecule has 0 aliphatic carbocycles. The predicted molar refractivity (Wildman–Crippen MR) is 90.9 cm³/mol. The molecule has 3 heteroatoms. The third-order valence-corrected chi connectivity index (χ3v) is 3.85. The smallest absolute Gasteiger partial charge is 0.0439 e. The Kier molecular flexibility index (Phi) is 6.84. The Balaban J connectivity index is 2.75. The number of rotatable bonds is 6. The lowest BCUT2D eigenvalue weighted by atomic mass is 9.90. The summed E-state index contributed by atoms with van der Waals surface area (Å²) >= 11 is 12.4. The first kappa shape index (κ1) is 17.8. The maximum absolute atomic E-state index is 6.29. The van der Waals surface area contributed by atoms with Gasteiger partial charge in [-0.2, -0.15) is 0 Å². The largest absolute Gasteiger partial charge is 0.312 e. The van der Waals surface area contributed by atoms with E-state index in [4.69, 9.17) is 23.2 Å². The van der Waals surface area contributed by atoms with E-state index < -0.39 is 0 Å². The van der Waals surface area contributed by atoms with E-state index in [1.165, 1.54) is 6.42 Å². The average molecular weight is 316 g/mol. The Bertz CT molecular complexity index is 421. The number of nitrogens with one attached hydrogen (secondary N) is 1. The minimum Gasteiger partial charge on any atom is -0.312 e. The van der Waals surface area contributed by atoms with Gasteiger partial charge in [0, 0.05) is 15.6 Å². The summed E-state index contributed by atoms with van der Waals surface area (Å²) in [5.41, 5.74) is 1.30. The molecule has 0 aliphatic rings. The molecule has 0 aliphatic heterocycles. The molecule has 1 nitrogen and oxygen atoms in total. The van der Waals surface area contributed by atoms with Crippen LogP contribution in [0.4, 0.5) is 0 Å². The van der Waals surface area contributed by atoms with Gasteiger partial charge in [-0.3, -0.25) is 0 Å². The summed E-state index contributed by atoms with van der Waals surface area (Å²) in [6.07, 6.45) is 2.16. The van der Waals surface area contributed by atoms with Crippen LogP contribution in [-0.4, -0.2) is 12.1 Å². The molecular formula is C17H27Cl2N. The van der Waals surface area contributed by atoms with Crippen molar-refractivity contribution in [3.05, 3.63) is 33.8 Å². The van der Waals surface area contributed by atoms with Gasteiger partial charge in [0.15, 0.2) is 0 Å². The van der Waals surface area contributed by atoms with E-state index >= 15 is 0 Å². The fourth-order valence-corrected chi connectivity index (χ4v) is 2.76. The zero-order valence-corrected chi connectivity index (χ0v) is 14.8. The van der Waals surface area contributed by atoms with Crippen LogP contribution in [0.3, 0.4) is 0 Å². The van der Waals surface area contributed by atoms with Crippen molar-refractivity contribution in [2.45, 2.75) is 53.0 Å². The SMILES string of the molecule is CC(C)CC(CNC(C)(C)C)Cc1cc(Cl)ccc1Cl. The van der Waals surface area contributed by atoms with Crippen LogP contribution in [0.1, 0.15) is 46.6 Å². The normalized spacial score (nSPS) is 13.8. The lowest BCUT2D eigenvalue weighted by molar-refractivity contribution is 0.331. The number of benzene rings is 1. The predicted octanol–water partition coefficient (Wildman–Crippen LogP) is 5.59. The molecule has 0 amide bonds. The van der Waals surface area contributed by atoms with Crippen LogP contribution in [0.25, 0.3) is 0 Å². The molecule has 0 spiro atoms. The summed E-state index contributed by atoms with van der Waals surface area (Å²) in [5.74, 6) is 1.25. The summed E-state index contributed by atoms with van der Waals surface area (Å²) in [5, 5.41) is 5.18. The van der Waals surface area contributed by atoms with E-state index in [0.29, 0.717) is 11.8 Å². The first-order chi connectivity index (χ1) is 9.17. The Morgan fingerprint density at radius 3 is 2.35 bits per heavy atom. The average Bonchev–Trinajstić information content (AvgIpc) is 2.29. The van der Waals surface area contributed by atoms with Crippen molar-refractivity contribution >= 4 is 23.2 Å². The molecule has 20 heavy (non-hydrogen) atoms. The molecule has 1 rings (SSSR count). The van der Waals surface area contributed by atoms with Crippen molar-refractivity contribution in [1.82, 2.24) is 5.32 Å². The molecule has 1 aromatic rings. The van der Waals surface area contributed by atoms with Crippen LogP contribution >= 0.6 is 23.2 Å². The zero-order chi connectivity index (χ0) is 15.3. The second-order valence-corrected chi connectivity index (χ2v) is 7.91. The first-order valence-corrected chi connectivity index (χ1v) is 8.12. The molecule has 1 unspecified atom stereocenters. The Labute approximate surface area is 134 Å². The Morgan fingerprint density at radius 1 is 1.15 bits per heavy atom. The van der Waals surface area contributed by atoms with Crippen LogP contribution in [-0.2, 0) is 6.42 Å². The maximum Gasteiger partial charge on any atom is 0.0439 e. The van der Waals surface area contributed by atoms with Crippen LogP contribution in [0.5, 0.6) is 0 Å². The minimum absolute atomic E-state index is 0.146. The maximum atomic E-state index is 6.29. The van der Waals surface area contributed by atoms with Crippen molar-refractivity contribution in [3.8, 4) is 0 Å². The number of hydrogen-bond acceptors (Lipinski definition) is 1. The highest BCUT2D eigenvalue weighted by atomic mass is 35.5. The van der Waals surface area contributed by atoms with Crippen molar-refractivity contribution in [2.24, 2.45) is 11.8 Å². The van der Waals surface area contributed by atoms with Gasteiger partial charge in [-0.05, 0) is 75.8 Å². The molecule has 0 heterocycles. The van der Waals surface area contributed by atoms with Gasteiger partial charge >= 0.3 is 0 Å². The van der Waals surface area contributed by atoms with E-state index in [9.17, 15) is 0 Å². The van der Waals surface area contributed by atoms with Gasteiger partial charge in [0.05, 0.1) is 0 Å². The summed E-state index contributed by atoms with van der Waals surface area (Å²) in [4.78, 5) is 0. The molecule has 1 N–H and O–H groups in total. The molecule has 1 atom stereocenters. The van der Waals surface area contributed by atoms with Gasteiger partial charge in [-0.25, -0.2) is 0 Å². The van der Waals surface area contributed by atoms with E-state index in [2.05, 4.69) is 39.9 Å². The van der Waals surface area contributed by atoms with E-state index in [0.717, 1.165) is 28.6 Å². The standard InChI is InChI=1S/C17H27Cl2N/c1-12(2)8-13(11-20-17(3,4)5)9-14-10-15(18)6-7-16(14)19/h6-7,10,12-13,20H,8-9,11H2,1-5H3. The number of hydrogen-bond donors (Lipinski definition) is 1. The molecule has 0 aromatic heterocycles. The van der Waals surface area contributed by atoms with Crippen molar-refractivity contribution in [3.63, 3.8) is 0 Å². The van der Waals surface area contributed by atoms with Crippen LogP contribution in [0, 0.1) is 11.8 Å². The molecular weight excluding hydrogens is 289 g/mol. The Morgan fingerprint density at radius 2 is 1.80 bits per heavy atom. The molecule has 0 saturated heterocycles. The zero-order valence-electron chi connectivity index (χ0n) is 13.3. The molecule has 0 saturated carbocycles. The second kappa shape index (κ2) is 7.68. The van der Waals surface area contributed by atoms with Gasteiger partial charge in [0.1, 0.15) is 0 Å². The highest BCUT2D eigenvalue weighted by Gasteiger charge is 2.17. The molecule has 0 radical (unpaired) electrons. The Hall–Kier alpha value is -0.240. The summed E-state index contributed by atoms with van der Waals surface area (Å²) < 4.78 is 0. The second-order valence-electron chi connectivity index (χ2n) is 7.07. The van der Waals surface area contributed by atoms with Crippen LogP contribution in [0.2, 0.25) is 10.0 Å². The molecule has 0 fully saturated rings. The van der Waals surface area contributed by atoms with Crippen LogP contribution < -0.4 is 5.32 Å². The van der Waals surface area contributed by atoms with Crippen molar-refractivity contribution in [1.29, 1.82) is 0 Å². The number of halogens is 2. The van der Waals surface area contributed by atoms with E-state index in [1.807, 2.05) is 18.2 Å². The van der Waals surface area contributed by atoms with E-state index in [-0.39, 0.29) is 5.54 Å². The molecule has 114 valence electrons.